The SMILES string of the molecule is CCNC(=NCc1ccnc(N(C)C)c1)NCc1ccnn1C. The Hall–Kier alpha value is -2.57. The summed E-state index contributed by atoms with van der Waals surface area (Å²) in [5.74, 6) is 1.72. The standard InChI is InChI=1S/C16H25N7/c1-5-17-16(20-12-14-7-9-21-23(14)4)19-11-13-6-8-18-15(10-13)22(2)3/h6-10H,5,11-12H2,1-4H3,(H2,17,19,20). The van der Waals surface area contributed by atoms with Crippen LogP contribution in [0.5, 0.6) is 0 Å². The fraction of sp³-hybridized carbons (Fsp3) is 0.438. The molecule has 2 heterocycles. The van der Waals surface area contributed by atoms with Gasteiger partial charge in [0.25, 0.3) is 0 Å². The Balaban J connectivity index is 2.00. The second kappa shape index (κ2) is 8.17. The highest BCUT2D eigenvalue weighted by Gasteiger charge is 2.02. The lowest BCUT2D eigenvalue weighted by atomic mass is 10.2. The zero-order valence-electron chi connectivity index (χ0n) is 14.2. The second-order valence-corrected chi connectivity index (χ2v) is 5.41. The summed E-state index contributed by atoms with van der Waals surface area (Å²) in [6, 6.07) is 6.03. The van der Waals surface area contributed by atoms with Gasteiger partial charge in [-0.15, -0.1) is 0 Å². The zero-order chi connectivity index (χ0) is 16.7. The summed E-state index contributed by atoms with van der Waals surface area (Å²) in [6.45, 7) is 4.15. The van der Waals surface area contributed by atoms with Gasteiger partial charge in [-0.05, 0) is 30.7 Å². The highest BCUT2D eigenvalue weighted by molar-refractivity contribution is 5.79. The molecular weight excluding hydrogens is 290 g/mol. The van der Waals surface area contributed by atoms with E-state index in [0.29, 0.717) is 13.1 Å². The van der Waals surface area contributed by atoms with Crippen LogP contribution in [0.3, 0.4) is 0 Å². The molecule has 0 radical (unpaired) electrons. The van der Waals surface area contributed by atoms with Gasteiger partial charge in [-0.25, -0.2) is 9.98 Å². The van der Waals surface area contributed by atoms with Crippen LogP contribution in [-0.2, 0) is 20.1 Å². The van der Waals surface area contributed by atoms with Crippen molar-refractivity contribution in [3.05, 3.63) is 41.9 Å². The fourth-order valence-corrected chi connectivity index (χ4v) is 2.06. The van der Waals surface area contributed by atoms with Crippen LogP contribution in [0.2, 0.25) is 0 Å². The molecule has 0 aliphatic carbocycles. The minimum absolute atomic E-state index is 0.601. The first-order chi connectivity index (χ1) is 11.1. The minimum Gasteiger partial charge on any atom is -0.363 e. The second-order valence-electron chi connectivity index (χ2n) is 5.41. The molecule has 124 valence electrons. The molecule has 7 heteroatoms. The number of nitrogens with one attached hydrogen (secondary N) is 2. The van der Waals surface area contributed by atoms with Gasteiger partial charge in [-0.1, -0.05) is 0 Å². The molecule has 2 N–H and O–H groups in total. The number of aliphatic imine (C=N–C) groups is 1. The molecule has 0 atom stereocenters. The number of pyridine rings is 1. The van der Waals surface area contributed by atoms with Crippen LogP contribution in [0.4, 0.5) is 5.82 Å². The molecule has 0 aromatic carbocycles. The molecule has 0 amide bonds. The largest absolute Gasteiger partial charge is 0.363 e. The number of anilines is 1. The summed E-state index contributed by atoms with van der Waals surface area (Å²) in [5, 5.41) is 10.7. The van der Waals surface area contributed by atoms with Crippen LogP contribution >= 0.6 is 0 Å². The van der Waals surface area contributed by atoms with E-state index in [2.05, 4.69) is 32.6 Å². The number of hydrogen-bond donors (Lipinski definition) is 2. The van der Waals surface area contributed by atoms with Crippen LogP contribution in [-0.4, -0.2) is 41.4 Å². The van der Waals surface area contributed by atoms with Crippen molar-refractivity contribution in [1.29, 1.82) is 0 Å². The zero-order valence-corrected chi connectivity index (χ0v) is 14.2. The summed E-state index contributed by atoms with van der Waals surface area (Å²) < 4.78 is 1.85. The van der Waals surface area contributed by atoms with Crippen molar-refractivity contribution >= 4 is 11.8 Å². The van der Waals surface area contributed by atoms with Gasteiger partial charge in [-0.3, -0.25) is 4.68 Å². The Bertz CT molecular complexity index is 645. The van der Waals surface area contributed by atoms with Crippen LogP contribution < -0.4 is 15.5 Å². The number of nitrogens with zero attached hydrogens (tertiary/aromatic N) is 5. The average molecular weight is 315 g/mol. The van der Waals surface area contributed by atoms with Crippen molar-refractivity contribution < 1.29 is 0 Å². The molecular formula is C16H25N7. The quantitative estimate of drug-likeness (QED) is 0.618. The van der Waals surface area contributed by atoms with Gasteiger partial charge in [0.1, 0.15) is 5.82 Å². The molecule has 23 heavy (non-hydrogen) atoms. The van der Waals surface area contributed by atoms with Crippen LogP contribution in [0.25, 0.3) is 0 Å². The van der Waals surface area contributed by atoms with E-state index in [1.807, 2.05) is 55.1 Å². The van der Waals surface area contributed by atoms with Gasteiger partial charge in [0, 0.05) is 40.1 Å². The van der Waals surface area contributed by atoms with Gasteiger partial charge in [0.2, 0.25) is 0 Å². The Morgan fingerprint density at radius 3 is 2.74 bits per heavy atom. The first kappa shape index (κ1) is 16.8. The summed E-state index contributed by atoms with van der Waals surface area (Å²) >= 11 is 0. The average Bonchev–Trinajstić information content (AvgIpc) is 2.95. The van der Waals surface area contributed by atoms with Gasteiger partial charge in [0.05, 0.1) is 18.8 Å². The maximum absolute atomic E-state index is 4.63. The molecule has 0 saturated carbocycles. The van der Waals surface area contributed by atoms with Crippen molar-refractivity contribution in [3.63, 3.8) is 0 Å². The molecule has 2 aromatic heterocycles. The molecule has 0 aliphatic heterocycles. The van der Waals surface area contributed by atoms with Gasteiger partial charge >= 0.3 is 0 Å². The number of aryl methyl sites for hydroxylation is 1. The van der Waals surface area contributed by atoms with E-state index in [1.165, 1.54) is 0 Å². The molecule has 7 nitrogen and oxygen atoms in total. The minimum atomic E-state index is 0.601. The third kappa shape index (κ3) is 4.98. The monoisotopic (exact) mass is 315 g/mol. The first-order valence-electron chi connectivity index (χ1n) is 7.71. The normalized spacial score (nSPS) is 11.4. The van der Waals surface area contributed by atoms with Crippen molar-refractivity contribution in [2.75, 3.05) is 25.5 Å². The Morgan fingerprint density at radius 1 is 1.26 bits per heavy atom. The molecule has 0 spiro atoms. The molecule has 2 aromatic rings. The predicted molar refractivity (Wildman–Crippen MR) is 93.4 cm³/mol. The topological polar surface area (TPSA) is 70.4 Å². The highest BCUT2D eigenvalue weighted by Crippen LogP contribution is 2.10. The first-order valence-corrected chi connectivity index (χ1v) is 7.71. The summed E-state index contributed by atoms with van der Waals surface area (Å²) in [7, 11) is 5.89. The van der Waals surface area contributed by atoms with Gasteiger partial charge in [0.15, 0.2) is 5.96 Å². The van der Waals surface area contributed by atoms with Gasteiger partial charge in [-0.2, -0.15) is 5.10 Å². The lowest BCUT2D eigenvalue weighted by Gasteiger charge is -2.13. The molecule has 0 aliphatic rings. The van der Waals surface area contributed by atoms with E-state index in [0.717, 1.165) is 29.6 Å². The Labute approximate surface area is 137 Å². The third-order valence-electron chi connectivity index (χ3n) is 3.39. The molecule has 0 bridgehead atoms. The number of rotatable bonds is 6. The van der Waals surface area contributed by atoms with Crippen LogP contribution in [0.1, 0.15) is 18.2 Å². The number of guanidine groups is 1. The van der Waals surface area contributed by atoms with E-state index >= 15 is 0 Å². The lowest BCUT2D eigenvalue weighted by molar-refractivity contribution is 0.685. The van der Waals surface area contributed by atoms with Crippen molar-refractivity contribution in [3.8, 4) is 0 Å². The predicted octanol–water partition coefficient (Wildman–Crippen LogP) is 1.14. The van der Waals surface area contributed by atoms with E-state index in [-0.39, 0.29) is 0 Å². The highest BCUT2D eigenvalue weighted by atomic mass is 15.3. The van der Waals surface area contributed by atoms with Crippen LogP contribution in [0.15, 0.2) is 35.6 Å². The number of aromatic nitrogens is 3. The summed E-state index contributed by atoms with van der Waals surface area (Å²) in [4.78, 5) is 10.9. The molecule has 0 fully saturated rings. The third-order valence-corrected chi connectivity index (χ3v) is 3.39. The maximum atomic E-state index is 4.63. The fourth-order valence-electron chi connectivity index (χ4n) is 2.06. The molecule has 0 unspecified atom stereocenters. The van der Waals surface area contributed by atoms with Crippen LogP contribution in [0, 0.1) is 0 Å². The van der Waals surface area contributed by atoms with Crippen molar-refractivity contribution in [2.45, 2.75) is 20.0 Å². The number of hydrogen-bond acceptors (Lipinski definition) is 4. The molecule has 2 rings (SSSR count). The summed E-state index contributed by atoms with van der Waals surface area (Å²) in [6.07, 6.45) is 3.61. The van der Waals surface area contributed by atoms with Crippen molar-refractivity contribution in [2.24, 2.45) is 12.0 Å². The van der Waals surface area contributed by atoms with E-state index in [9.17, 15) is 0 Å². The van der Waals surface area contributed by atoms with E-state index in [4.69, 9.17) is 0 Å². The summed E-state index contributed by atoms with van der Waals surface area (Å²) in [5.41, 5.74) is 2.23. The Kier molecular flexibility index (Phi) is 5.96. The maximum Gasteiger partial charge on any atom is 0.191 e. The molecule has 0 saturated heterocycles. The van der Waals surface area contributed by atoms with Crippen molar-refractivity contribution in [1.82, 2.24) is 25.4 Å². The Morgan fingerprint density at radius 2 is 2.09 bits per heavy atom. The lowest BCUT2D eigenvalue weighted by Crippen LogP contribution is -2.37. The van der Waals surface area contributed by atoms with Gasteiger partial charge < -0.3 is 15.5 Å². The smallest absolute Gasteiger partial charge is 0.191 e. The van der Waals surface area contributed by atoms with E-state index in [1.54, 1.807) is 6.20 Å². The van der Waals surface area contributed by atoms with E-state index < -0.39 is 0 Å².